The Morgan fingerprint density at radius 3 is 1.59 bits per heavy atom. The Kier molecular flexibility index (Phi) is 4.20. The average Bonchev–Trinajstić information content (AvgIpc) is 3.02. The fourth-order valence-corrected chi connectivity index (χ4v) is 11.0. The van der Waals surface area contributed by atoms with Crippen molar-refractivity contribution in [3.63, 3.8) is 0 Å². The predicted octanol–water partition coefficient (Wildman–Crippen LogP) is 1.18. The van der Waals surface area contributed by atoms with Gasteiger partial charge in [0, 0.05) is 0 Å². The van der Waals surface area contributed by atoms with Crippen molar-refractivity contribution in [1.82, 2.24) is 0 Å². The molecule has 0 spiro atoms. The van der Waals surface area contributed by atoms with Crippen LogP contribution in [-0.2, 0) is 0 Å². The fraction of sp³-hybridized carbons (Fsp3) is 0. The summed E-state index contributed by atoms with van der Waals surface area (Å²) in [6.07, 6.45) is 0. The standard InChI is InChI=1S/C12H8S3Se2/c1-3-9(13-7-1)16-11-5-6-12(15-11)17-10-4-2-8-14-10/h1-8H. The molecule has 0 nitrogen and oxygen atoms in total. The van der Waals surface area contributed by atoms with Gasteiger partial charge < -0.3 is 0 Å². The van der Waals surface area contributed by atoms with Gasteiger partial charge in [0.05, 0.1) is 0 Å². The average molecular weight is 406 g/mol. The molecule has 3 aromatic heterocycles. The second kappa shape index (κ2) is 5.85. The van der Waals surface area contributed by atoms with E-state index in [-0.39, 0.29) is 0 Å². The maximum atomic E-state index is 2.31. The molecule has 5 heteroatoms. The molecular weight excluding hydrogens is 398 g/mol. The minimum absolute atomic E-state index is 0.516. The fourth-order valence-electron chi connectivity index (χ4n) is 1.25. The van der Waals surface area contributed by atoms with Gasteiger partial charge in [0.15, 0.2) is 0 Å². The van der Waals surface area contributed by atoms with E-state index >= 15 is 0 Å². The zero-order chi connectivity index (χ0) is 11.5. The van der Waals surface area contributed by atoms with Gasteiger partial charge in [0.2, 0.25) is 0 Å². The van der Waals surface area contributed by atoms with Crippen LogP contribution in [0.5, 0.6) is 0 Å². The molecule has 86 valence electrons. The SMILES string of the molecule is c1csc([Se]c2ccc([Se]c3cccs3)s2)c1. The van der Waals surface area contributed by atoms with Crippen LogP contribution in [0.2, 0.25) is 0 Å². The summed E-state index contributed by atoms with van der Waals surface area (Å²) < 4.78 is 6.14. The van der Waals surface area contributed by atoms with Gasteiger partial charge in [-0.1, -0.05) is 0 Å². The van der Waals surface area contributed by atoms with Crippen molar-refractivity contribution in [3.8, 4) is 0 Å². The van der Waals surface area contributed by atoms with Gasteiger partial charge in [-0.15, -0.1) is 0 Å². The first-order valence-corrected chi connectivity index (χ1v) is 10.9. The van der Waals surface area contributed by atoms with E-state index in [2.05, 4.69) is 47.2 Å². The molecule has 0 bridgehead atoms. The van der Waals surface area contributed by atoms with Crippen LogP contribution in [0.1, 0.15) is 0 Å². The second-order valence-electron chi connectivity index (χ2n) is 3.14. The van der Waals surface area contributed by atoms with Gasteiger partial charge in [-0.05, 0) is 0 Å². The minimum atomic E-state index is 0.516. The number of hydrogen-bond acceptors (Lipinski definition) is 3. The van der Waals surface area contributed by atoms with Gasteiger partial charge in [0.1, 0.15) is 0 Å². The first-order chi connectivity index (χ1) is 8.40. The number of rotatable bonds is 4. The molecule has 0 amide bonds. The van der Waals surface area contributed by atoms with E-state index in [1.807, 2.05) is 34.0 Å². The van der Waals surface area contributed by atoms with Crippen LogP contribution in [0.3, 0.4) is 0 Å². The molecule has 0 atom stereocenters. The summed E-state index contributed by atoms with van der Waals surface area (Å²) in [4.78, 5) is 0. The Morgan fingerprint density at radius 2 is 1.18 bits per heavy atom. The van der Waals surface area contributed by atoms with Crippen molar-refractivity contribution in [2.45, 2.75) is 0 Å². The van der Waals surface area contributed by atoms with E-state index < -0.39 is 0 Å². The van der Waals surface area contributed by atoms with Crippen molar-refractivity contribution in [2.75, 3.05) is 0 Å². The van der Waals surface area contributed by atoms with Crippen molar-refractivity contribution >= 4 is 79.0 Å². The summed E-state index contributed by atoms with van der Waals surface area (Å²) in [5, 5.41) is 4.34. The van der Waals surface area contributed by atoms with E-state index in [9.17, 15) is 0 Å². The summed E-state index contributed by atoms with van der Waals surface area (Å²) in [7, 11) is 0. The van der Waals surface area contributed by atoms with E-state index in [1.54, 1.807) is 7.55 Å². The van der Waals surface area contributed by atoms with Crippen molar-refractivity contribution in [1.29, 1.82) is 0 Å². The third-order valence-corrected chi connectivity index (χ3v) is 10.8. The Labute approximate surface area is 125 Å². The van der Waals surface area contributed by atoms with Gasteiger partial charge in [-0.3, -0.25) is 0 Å². The van der Waals surface area contributed by atoms with Gasteiger partial charge >= 0.3 is 126 Å². The normalized spacial score (nSPS) is 10.8. The molecule has 0 aromatic carbocycles. The van der Waals surface area contributed by atoms with Crippen molar-refractivity contribution < 1.29 is 0 Å². The van der Waals surface area contributed by atoms with Gasteiger partial charge in [-0.2, -0.15) is 0 Å². The van der Waals surface area contributed by atoms with Crippen molar-refractivity contribution in [3.05, 3.63) is 47.2 Å². The Morgan fingerprint density at radius 1 is 0.647 bits per heavy atom. The summed E-state index contributed by atoms with van der Waals surface area (Å²) in [6.45, 7) is 0. The van der Waals surface area contributed by atoms with Gasteiger partial charge in [-0.25, -0.2) is 0 Å². The molecule has 17 heavy (non-hydrogen) atoms. The second-order valence-corrected chi connectivity index (χ2v) is 13.0. The molecule has 0 aliphatic heterocycles. The zero-order valence-corrected chi connectivity index (χ0v) is 14.5. The third kappa shape index (κ3) is 3.33. The molecule has 3 rings (SSSR count). The Hall–Kier alpha value is 0.139. The summed E-state index contributed by atoms with van der Waals surface area (Å²) in [5.41, 5.74) is 0. The van der Waals surface area contributed by atoms with Crippen LogP contribution in [0, 0.1) is 0 Å². The summed E-state index contributed by atoms with van der Waals surface area (Å²) in [5.74, 6) is 0. The molecule has 0 radical (unpaired) electrons. The monoisotopic (exact) mass is 408 g/mol. The number of thiophene rings is 3. The van der Waals surface area contributed by atoms with Crippen LogP contribution in [0.4, 0.5) is 0 Å². The molecule has 0 saturated heterocycles. The Balaban J connectivity index is 1.70. The first kappa shape index (κ1) is 12.2. The van der Waals surface area contributed by atoms with Crippen molar-refractivity contribution in [2.24, 2.45) is 0 Å². The number of hydrogen-bond donors (Lipinski definition) is 0. The molecule has 0 saturated carbocycles. The zero-order valence-electron chi connectivity index (χ0n) is 8.66. The summed E-state index contributed by atoms with van der Waals surface area (Å²) in [6, 6.07) is 13.4. The molecular formula is C12H8S3Se2. The summed E-state index contributed by atoms with van der Waals surface area (Å²) >= 11 is 6.78. The van der Waals surface area contributed by atoms with Gasteiger partial charge in [0.25, 0.3) is 0 Å². The quantitative estimate of drug-likeness (QED) is 0.571. The van der Waals surface area contributed by atoms with Crippen LogP contribution >= 0.6 is 34.0 Å². The van der Waals surface area contributed by atoms with E-state index in [0.717, 1.165) is 0 Å². The molecule has 0 aliphatic rings. The molecule has 0 aliphatic carbocycles. The van der Waals surface area contributed by atoms with E-state index in [0.29, 0.717) is 29.9 Å². The molecule has 0 N–H and O–H groups in total. The molecule has 0 unspecified atom stereocenters. The van der Waals surface area contributed by atoms with E-state index in [1.165, 1.54) is 7.55 Å². The van der Waals surface area contributed by atoms with Crippen LogP contribution < -0.4 is 15.1 Å². The Bertz CT molecular complexity index is 516. The van der Waals surface area contributed by atoms with Crippen LogP contribution in [0.25, 0.3) is 0 Å². The molecule has 0 fully saturated rings. The maximum absolute atomic E-state index is 2.31. The molecule has 3 aromatic rings. The predicted molar refractivity (Wildman–Crippen MR) is 83.0 cm³/mol. The first-order valence-electron chi connectivity index (χ1n) is 4.93. The molecule has 3 heterocycles. The van der Waals surface area contributed by atoms with E-state index in [4.69, 9.17) is 0 Å². The van der Waals surface area contributed by atoms with Crippen LogP contribution in [0.15, 0.2) is 47.2 Å². The third-order valence-electron chi connectivity index (χ3n) is 1.95. The topological polar surface area (TPSA) is 0 Å². The van der Waals surface area contributed by atoms with Crippen LogP contribution in [-0.4, -0.2) is 29.9 Å².